The Balaban J connectivity index is 1.65. The number of likely N-dealkylation sites (N-methyl/N-ethyl adjacent to an activating group) is 1. The summed E-state index contributed by atoms with van der Waals surface area (Å²) >= 11 is 1.48. The van der Waals surface area contributed by atoms with E-state index < -0.39 is 23.1 Å². The number of phenolic OH excluding ortho intramolecular Hbond substituents is 2. The van der Waals surface area contributed by atoms with Gasteiger partial charge >= 0.3 is 5.97 Å². The Labute approximate surface area is 236 Å². The Kier molecular flexibility index (Phi) is 7.86. The van der Waals surface area contributed by atoms with Crippen LogP contribution in [0.15, 0.2) is 83.8 Å². The highest BCUT2D eigenvalue weighted by molar-refractivity contribution is 8.00. The molecular weight excluding hydrogens is 528 g/mol. The van der Waals surface area contributed by atoms with Gasteiger partial charge in [-0.05, 0) is 66.8 Å². The van der Waals surface area contributed by atoms with Crippen LogP contribution in [0.4, 0.5) is 5.69 Å². The Hall–Kier alpha value is -4.21. The van der Waals surface area contributed by atoms with Gasteiger partial charge in [-0.25, -0.2) is 4.79 Å². The summed E-state index contributed by atoms with van der Waals surface area (Å²) in [5, 5.41) is 21.1. The number of rotatable bonds is 7. The molecular formula is C31H30N2O6S. The highest BCUT2D eigenvalue weighted by atomic mass is 32.2. The molecule has 40 heavy (non-hydrogen) atoms. The molecule has 1 aliphatic heterocycles. The summed E-state index contributed by atoms with van der Waals surface area (Å²) in [6.45, 7) is 0.990. The second kappa shape index (κ2) is 11.5. The van der Waals surface area contributed by atoms with Crippen LogP contribution < -0.4 is 9.64 Å². The van der Waals surface area contributed by atoms with Crippen LogP contribution in [0.5, 0.6) is 17.2 Å². The molecule has 0 fully saturated rings. The third-order valence-corrected chi connectivity index (χ3v) is 8.28. The zero-order valence-corrected chi connectivity index (χ0v) is 23.2. The number of esters is 1. The van der Waals surface area contributed by atoms with Crippen molar-refractivity contribution in [2.45, 2.75) is 16.2 Å². The molecule has 0 saturated heterocycles. The summed E-state index contributed by atoms with van der Waals surface area (Å²) < 4.78 is 11.3. The summed E-state index contributed by atoms with van der Waals surface area (Å²) in [6.07, 6.45) is -1.19. The summed E-state index contributed by atoms with van der Waals surface area (Å²) in [5.41, 5.74) is 1.57. The number of aromatic hydroxyl groups is 2. The number of hydrogen-bond acceptors (Lipinski definition) is 8. The Morgan fingerprint density at radius 3 is 2.42 bits per heavy atom. The number of anilines is 1. The number of methoxy groups -OCH3 is 1. The molecule has 9 heteroatoms. The van der Waals surface area contributed by atoms with Crippen molar-refractivity contribution >= 4 is 40.1 Å². The van der Waals surface area contributed by atoms with Crippen LogP contribution in [0.2, 0.25) is 0 Å². The van der Waals surface area contributed by atoms with Gasteiger partial charge in [-0.2, -0.15) is 0 Å². The molecule has 1 heterocycles. The molecule has 2 N–H and O–H groups in total. The Morgan fingerprint density at radius 1 is 0.975 bits per heavy atom. The monoisotopic (exact) mass is 558 g/mol. The summed E-state index contributed by atoms with van der Waals surface area (Å²) in [6, 6.07) is 23.0. The molecule has 0 aliphatic carbocycles. The molecule has 1 aliphatic rings. The van der Waals surface area contributed by atoms with Gasteiger partial charge in [0.2, 0.25) is 0 Å². The van der Waals surface area contributed by atoms with E-state index in [4.69, 9.17) is 9.47 Å². The summed E-state index contributed by atoms with van der Waals surface area (Å²) in [7, 11) is 5.46. The van der Waals surface area contributed by atoms with Gasteiger partial charge in [0, 0.05) is 18.0 Å². The van der Waals surface area contributed by atoms with Crippen LogP contribution in [0.3, 0.4) is 0 Å². The number of fused-ring (bicyclic) bond motifs is 3. The maximum Gasteiger partial charge on any atom is 0.339 e. The lowest BCUT2D eigenvalue weighted by Gasteiger charge is -2.28. The van der Waals surface area contributed by atoms with Gasteiger partial charge in [0.25, 0.3) is 5.91 Å². The van der Waals surface area contributed by atoms with Crippen molar-refractivity contribution in [3.63, 3.8) is 0 Å². The van der Waals surface area contributed by atoms with E-state index >= 15 is 0 Å². The minimum atomic E-state index is -1.19. The zero-order chi connectivity index (χ0) is 28.4. The first-order chi connectivity index (χ1) is 19.3. The zero-order valence-electron chi connectivity index (χ0n) is 22.4. The van der Waals surface area contributed by atoms with Crippen LogP contribution in [0.25, 0.3) is 10.8 Å². The van der Waals surface area contributed by atoms with Gasteiger partial charge in [-0.1, -0.05) is 42.5 Å². The molecule has 4 aromatic carbocycles. The van der Waals surface area contributed by atoms with E-state index in [1.807, 2.05) is 79.7 Å². The molecule has 4 aromatic rings. The standard InChI is InChI=1S/C31H30N2O6S/c1-32(2)16-17-33-24-14-10-19-6-4-5-7-23(19)29(24)40-28(20-8-12-22(38-3)13-9-20)27(30(33)36)39-31(37)21-11-15-25(34)26(35)18-21/h4-15,18,27-28,34-35H,16-17H2,1-3H3/t27-,28+/m1/s1. The smallest absolute Gasteiger partial charge is 0.339 e. The van der Waals surface area contributed by atoms with E-state index in [-0.39, 0.29) is 17.2 Å². The number of hydrogen-bond donors (Lipinski definition) is 2. The minimum Gasteiger partial charge on any atom is -0.504 e. The predicted octanol–water partition coefficient (Wildman–Crippen LogP) is 5.23. The van der Waals surface area contributed by atoms with Gasteiger partial charge in [-0.3, -0.25) is 4.79 Å². The molecule has 0 saturated carbocycles. The largest absolute Gasteiger partial charge is 0.504 e. The molecule has 206 valence electrons. The molecule has 0 unspecified atom stereocenters. The molecule has 0 radical (unpaired) electrons. The number of thioether (sulfide) groups is 1. The average Bonchev–Trinajstić information content (AvgIpc) is 3.07. The molecule has 8 nitrogen and oxygen atoms in total. The quantitative estimate of drug-likeness (QED) is 0.235. The highest BCUT2D eigenvalue weighted by Gasteiger charge is 2.42. The van der Waals surface area contributed by atoms with E-state index in [1.54, 1.807) is 12.0 Å². The summed E-state index contributed by atoms with van der Waals surface area (Å²) in [4.78, 5) is 32.3. The normalized spacial score (nSPS) is 17.0. The lowest BCUT2D eigenvalue weighted by molar-refractivity contribution is -0.127. The van der Waals surface area contributed by atoms with E-state index in [1.165, 1.54) is 23.9 Å². The lowest BCUT2D eigenvalue weighted by atomic mass is 10.0. The van der Waals surface area contributed by atoms with Gasteiger partial charge in [-0.15, -0.1) is 11.8 Å². The van der Waals surface area contributed by atoms with Gasteiger partial charge in [0.05, 0.1) is 23.6 Å². The molecule has 0 aromatic heterocycles. The van der Waals surface area contributed by atoms with Crippen LogP contribution >= 0.6 is 11.8 Å². The number of nitrogens with zero attached hydrogens (tertiary/aromatic N) is 2. The van der Waals surface area contributed by atoms with E-state index in [0.29, 0.717) is 18.8 Å². The maximum atomic E-state index is 14.4. The van der Waals surface area contributed by atoms with E-state index in [0.717, 1.165) is 33.0 Å². The second-order valence-electron chi connectivity index (χ2n) is 9.77. The Morgan fingerprint density at radius 2 is 1.73 bits per heavy atom. The molecule has 0 spiro atoms. The van der Waals surface area contributed by atoms with Crippen LogP contribution in [-0.4, -0.2) is 67.4 Å². The summed E-state index contributed by atoms with van der Waals surface area (Å²) in [5.74, 6) is -1.27. The fourth-order valence-electron chi connectivity index (χ4n) is 4.67. The number of benzene rings is 4. The fraction of sp³-hybridized carbons (Fsp3) is 0.226. The number of amides is 1. The van der Waals surface area contributed by atoms with Crippen molar-refractivity contribution in [2.24, 2.45) is 0 Å². The number of phenols is 2. The van der Waals surface area contributed by atoms with Gasteiger partial charge in [0.15, 0.2) is 17.6 Å². The van der Waals surface area contributed by atoms with Gasteiger partial charge < -0.3 is 29.5 Å². The van der Waals surface area contributed by atoms with Crippen molar-refractivity contribution in [1.82, 2.24) is 4.90 Å². The topological polar surface area (TPSA) is 99.5 Å². The SMILES string of the molecule is COc1ccc([C@@H]2Sc3c(ccc4ccccc34)N(CCN(C)C)C(=O)[C@@H]2OC(=O)c2ccc(O)c(O)c2)cc1. The van der Waals surface area contributed by atoms with Crippen LogP contribution in [0, 0.1) is 0 Å². The number of carbonyl (C=O) groups excluding carboxylic acids is 2. The second-order valence-corrected chi connectivity index (χ2v) is 10.9. The van der Waals surface area contributed by atoms with E-state index in [9.17, 15) is 19.8 Å². The first-order valence-electron chi connectivity index (χ1n) is 12.8. The van der Waals surface area contributed by atoms with Crippen LogP contribution in [0.1, 0.15) is 21.2 Å². The van der Waals surface area contributed by atoms with Gasteiger partial charge in [0.1, 0.15) is 5.75 Å². The van der Waals surface area contributed by atoms with E-state index in [2.05, 4.69) is 0 Å². The lowest BCUT2D eigenvalue weighted by Crippen LogP contribution is -2.45. The minimum absolute atomic E-state index is 0.0219. The molecule has 2 atom stereocenters. The molecule has 0 bridgehead atoms. The third-order valence-electron chi connectivity index (χ3n) is 6.84. The van der Waals surface area contributed by atoms with Crippen molar-refractivity contribution in [2.75, 3.05) is 39.2 Å². The number of ether oxygens (including phenoxy) is 2. The fourth-order valence-corrected chi connectivity index (χ4v) is 6.13. The first kappa shape index (κ1) is 27.4. The first-order valence-corrected chi connectivity index (χ1v) is 13.7. The Bertz CT molecular complexity index is 1560. The van der Waals surface area contributed by atoms with Crippen molar-refractivity contribution in [1.29, 1.82) is 0 Å². The molecule has 5 rings (SSSR count). The van der Waals surface area contributed by atoms with Crippen LogP contribution in [-0.2, 0) is 9.53 Å². The third kappa shape index (κ3) is 5.43. The highest BCUT2D eigenvalue weighted by Crippen LogP contribution is 2.49. The number of carbonyl (C=O) groups is 2. The average molecular weight is 559 g/mol. The predicted molar refractivity (Wildman–Crippen MR) is 155 cm³/mol. The van der Waals surface area contributed by atoms with Crippen molar-refractivity contribution in [3.8, 4) is 17.2 Å². The van der Waals surface area contributed by atoms with Crippen molar-refractivity contribution < 1.29 is 29.3 Å². The maximum absolute atomic E-state index is 14.4. The molecule has 1 amide bonds. The van der Waals surface area contributed by atoms with Crippen molar-refractivity contribution in [3.05, 3.63) is 90.0 Å².